The van der Waals surface area contributed by atoms with Gasteiger partial charge in [-0.1, -0.05) is 24.3 Å². The van der Waals surface area contributed by atoms with Gasteiger partial charge in [-0.2, -0.15) is 0 Å². The van der Waals surface area contributed by atoms with Crippen LogP contribution in [-0.4, -0.2) is 11.8 Å². The van der Waals surface area contributed by atoms with Crippen LogP contribution in [-0.2, 0) is 9.59 Å². The number of rotatable bonds is 4. The van der Waals surface area contributed by atoms with E-state index >= 15 is 0 Å². The van der Waals surface area contributed by atoms with E-state index in [0.717, 1.165) is 28.1 Å². The maximum Gasteiger partial charge on any atom is 0.228 e. The molecule has 0 bridgehead atoms. The Morgan fingerprint density at radius 2 is 1.46 bits per heavy atom. The Balaban J connectivity index is 1.59. The van der Waals surface area contributed by atoms with Gasteiger partial charge in [0.2, 0.25) is 11.8 Å². The molecule has 2 aromatic carbocycles. The molecule has 2 aromatic rings. The van der Waals surface area contributed by atoms with Crippen molar-refractivity contribution < 1.29 is 9.59 Å². The third kappa shape index (κ3) is 3.65. The van der Waals surface area contributed by atoms with Gasteiger partial charge < -0.3 is 10.6 Å². The smallest absolute Gasteiger partial charge is 0.228 e. The molecular formula is C20H22N2O2. The van der Waals surface area contributed by atoms with Crippen molar-refractivity contribution in [2.45, 2.75) is 27.2 Å². The fourth-order valence-electron chi connectivity index (χ4n) is 2.99. The van der Waals surface area contributed by atoms with Crippen LogP contribution in [0.4, 0.5) is 11.4 Å². The Hall–Kier alpha value is -2.62. The van der Waals surface area contributed by atoms with E-state index in [9.17, 15) is 9.59 Å². The summed E-state index contributed by atoms with van der Waals surface area (Å²) in [6.07, 6.45) is 0.606. The highest BCUT2D eigenvalue weighted by molar-refractivity contribution is 6.03. The molecule has 3 rings (SSSR count). The van der Waals surface area contributed by atoms with Crippen LogP contribution in [0.1, 0.15) is 23.1 Å². The predicted octanol–water partition coefficient (Wildman–Crippen LogP) is 3.83. The Morgan fingerprint density at radius 3 is 2.08 bits per heavy atom. The maximum atomic E-state index is 12.3. The molecule has 0 aliphatic heterocycles. The first-order valence-corrected chi connectivity index (χ1v) is 8.19. The second-order valence-corrected chi connectivity index (χ2v) is 6.62. The van der Waals surface area contributed by atoms with E-state index in [1.54, 1.807) is 0 Å². The van der Waals surface area contributed by atoms with Gasteiger partial charge in [-0.05, 0) is 62.1 Å². The molecule has 0 heterocycles. The van der Waals surface area contributed by atoms with Crippen LogP contribution in [0.2, 0.25) is 0 Å². The summed E-state index contributed by atoms with van der Waals surface area (Å²) in [5, 5.41) is 5.85. The number of nitrogens with one attached hydrogen (secondary N) is 2. The number of carbonyl (C=O) groups excluding carboxylic acids is 2. The summed E-state index contributed by atoms with van der Waals surface area (Å²) < 4.78 is 0. The lowest BCUT2D eigenvalue weighted by Gasteiger charge is -2.09. The van der Waals surface area contributed by atoms with Crippen LogP contribution >= 0.6 is 0 Å². The summed E-state index contributed by atoms with van der Waals surface area (Å²) in [7, 11) is 0. The van der Waals surface area contributed by atoms with Crippen molar-refractivity contribution in [2.24, 2.45) is 11.8 Å². The SMILES string of the molecule is Cc1cc(C)cc(NC(=O)C2CC2C(=O)Nc2ccccc2C)c1. The van der Waals surface area contributed by atoms with Crippen LogP contribution in [0.15, 0.2) is 42.5 Å². The van der Waals surface area contributed by atoms with E-state index in [2.05, 4.69) is 16.7 Å². The highest BCUT2D eigenvalue weighted by atomic mass is 16.2. The molecule has 2 N–H and O–H groups in total. The Labute approximate surface area is 142 Å². The van der Waals surface area contributed by atoms with Crippen molar-refractivity contribution in [3.05, 3.63) is 59.2 Å². The molecule has 4 heteroatoms. The molecule has 0 aromatic heterocycles. The highest BCUT2D eigenvalue weighted by Gasteiger charge is 2.48. The average Bonchev–Trinajstić information content (AvgIpc) is 3.29. The predicted molar refractivity (Wildman–Crippen MR) is 96.0 cm³/mol. The van der Waals surface area contributed by atoms with Gasteiger partial charge in [0, 0.05) is 11.4 Å². The lowest BCUT2D eigenvalue weighted by Crippen LogP contribution is -2.21. The third-order valence-electron chi connectivity index (χ3n) is 4.36. The number of hydrogen-bond donors (Lipinski definition) is 2. The number of carbonyl (C=O) groups is 2. The van der Waals surface area contributed by atoms with Crippen molar-refractivity contribution in [3.8, 4) is 0 Å². The van der Waals surface area contributed by atoms with E-state index in [-0.39, 0.29) is 23.7 Å². The highest BCUT2D eigenvalue weighted by Crippen LogP contribution is 2.40. The first-order chi connectivity index (χ1) is 11.4. The van der Waals surface area contributed by atoms with E-state index in [1.807, 2.05) is 57.2 Å². The molecule has 124 valence electrons. The standard InChI is InChI=1S/C20H22N2O2/c1-12-8-13(2)10-15(9-12)21-19(23)16-11-17(16)20(24)22-18-7-5-4-6-14(18)3/h4-10,16-17H,11H2,1-3H3,(H,21,23)(H,22,24). The molecule has 0 spiro atoms. The number of aryl methyl sites for hydroxylation is 3. The Kier molecular flexibility index (Phi) is 4.38. The first kappa shape index (κ1) is 16.2. The molecular weight excluding hydrogens is 300 g/mol. The quantitative estimate of drug-likeness (QED) is 0.899. The second-order valence-electron chi connectivity index (χ2n) is 6.62. The van der Waals surface area contributed by atoms with Gasteiger partial charge in [-0.15, -0.1) is 0 Å². The number of hydrogen-bond acceptors (Lipinski definition) is 2. The zero-order valence-corrected chi connectivity index (χ0v) is 14.2. The first-order valence-electron chi connectivity index (χ1n) is 8.19. The van der Waals surface area contributed by atoms with Gasteiger partial charge in [-0.3, -0.25) is 9.59 Å². The fraction of sp³-hybridized carbons (Fsp3) is 0.300. The van der Waals surface area contributed by atoms with Gasteiger partial charge >= 0.3 is 0 Å². The van der Waals surface area contributed by atoms with Crippen molar-refractivity contribution in [1.82, 2.24) is 0 Å². The van der Waals surface area contributed by atoms with Crippen molar-refractivity contribution in [2.75, 3.05) is 10.6 Å². The zero-order chi connectivity index (χ0) is 17.3. The van der Waals surface area contributed by atoms with Crippen LogP contribution in [0.3, 0.4) is 0 Å². The molecule has 1 aliphatic carbocycles. The summed E-state index contributed by atoms with van der Waals surface area (Å²) in [5.74, 6) is -0.639. The third-order valence-corrected chi connectivity index (χ3v) is 4.36. The largest absolute Gasteiger partial charge is 0.326 e. The van der Waals surface area contributed by atoms with Crippen LogP contribution in [0.5, 0.6) is 0 Å². The lowest BCUT2D eigenvalue weighted by molar-refractivity contribution is -0.122. The lowest BCUT2D eigenvalue weighted by atomic mass is 10.1. The molecule has 4 nitrogen and oxygen atoms in total. The number of anilines is 2. The molecule has 0 radical (unpaired) electrons. The summed E-state index contributed by atoms with van der Waals surface area (Å²) in [5.41, 5.74) is 4.83. The average molecular weight is 322 g/mol. The van der Waals surface area contributed by atoms with Gasteiger partial charge in [0.1, 0.15) is 0 Å². The van der Waals surface area contributed by atoms with E-state index < -0.39 is 0 Å². The minimum Gasteiger partial charge on any atom is -0.326 e. The van der Waals surface area contributed by atoms with Gasteiger partial charge in [0.05, 0.1) is 11.8 Å². The maximum absolute atomic E-state index is 12.3. The minimum absolute atomic E-state index is 0.0788. The van der Waals surface area contributed by atoms with Gasteiger partial charge in [0.25, 0.3) is 0 Å². The van der Waals surface area contributed by atoms with Crippen molar-refractivity contribution in [3.63, 3.8) is 0 Å². The van der Waals surface area contributed by atoms with Crippen LogP contribution in [0, 0.1) is 32.6 Å². The second kappa shape index (κ2) is 6.48. The summed E-state index contributed by atoms with van der Waals surface area (Å²) in [4.78, 5) is 24.7. The topological polar surface area (TPSA) is 58.2 Å². The normalized spacial score (nSPS) is 18.8. The molecule has 2 atom stereocenters. The van der Waals surface area contributed by atoms with Crippen LogP contribution < -0.4 is 10.6 Å². The van der Waals surface area contributed by atoms with Gasteiger partial charge in [0.15, 0.2) is 0 Å². The summed E-state index contributed by atoms with van der Waals surface area (Å²) >= 11 is 0. The zero-order valence-electron chi connectivity index (χ0n) is 14.2. The molecule has 1 fully saturated rings. The van der Waals surface area contributed by atoms with Gasteiger partial charge in [-0.25, -0.2) is 0 Å². The number of para-hydroxylation sites is 1. The van der Waals surface area contributed by atoms with Crippen molar-refractivity contribution in [1.29, 1.82) is 0 Å². The minimum atomic E-state index is -0.241. The Morgan fingerprint density at radius 1 is 0.875 bits per heavy atom. The molecule has 2 unspecified atom stereocenters. The monoisotopic (exact) mass is 322 g/mol. The van der Waals surface area contributed by atoms with E-state index in [4.69, 9.17) is 0 Å². The van der Waals surface area contributed by atoms with E-state index in [0.29, 0.717) is 6.42 Å². The summed E-state index contributed by atoms with van der Waals surface area (Å²) in [6, 6.07) is 13.6. The summed E-state index contributed by atoms with van der Waals surface area (Å²) in [6.45, 7) is 5.95. The molecule has 1 saturated carbocycles. The molecule has 0 saturated heterocycles. The fourth-order valence-corrected chi connectivity index (χ4v) is 2.99. The van der Waals surface area contributed by atoms with Crippen molar-refractivity contribution >= 4 is 23.2 Å². The molecule has 2 amide bonds. The molecule has 24 heavy (non-hydrogen) atoms. The van der Waals surface area contributed by atoms with Crippen LogP contribution in [0.25, 0.3) is 0 Å². The number of amides is 2. The molecule has 1 aliphatic rings. The Bertz CT molecular complexity index is 778. The van der Waals surface area contributed by atoms with E-state index in [1.165, 1.54) is 0 Å². The number of benzene rings is 2.